The fourth-order valence-corrected chi connectivity index (χ4v) is 10.2. The van der Waals surface area contributed by atoms with Crippen LogP contribution in [0.3, 0.4) is 0 Å². The van der Waals surface area contributed by atoms with Gasteiger partial charge in [0.1, 0.15) is 0 Å². The van der Waals surface area contributed by atoms with Crippen molar-refractivity contribution in [3.63, 3.8) is 0 Å². The van der Waals surface area contributed by atoms with E-state index < -0.39 is 12.1 Å². The second-order valence-corrected chi connectivity index (χ2v) is 22.8. The smallest absolute Gasteiger partial charge is 0.305 e. The molecule has 75 heavy (non-hydrogen) atoms. The van der Waals surface area contributed by atoms with Gasteiger partial charge in [0.25, 0.3) is 0 Å². The molecule has 3 N–H and O–H groups in total. The van der Waals surface area contributed by atoms with Gasteiger partial charge in [-0.25, -0.2) is 0 Å². The van der Waals surface area contributed by atoms with Crippen LogP contribution in [0.2, 0.25) is 0 Å². The fourth-order valence-electron chi connectivity index (χ4n) is 10.2. The highest BCUT2D eigenvalue weighted by Crippen LogP contribution is 2.17. The van der Waals surface area contributed by atoms with E-state index in [2.05, 4.69) is 55.6 Å². The number of allylic oxidation sites excluding steroid dienone is 7. The van der Waals surface area contributed by atoms with Crippen molar-refractivity contribution in [2.75, 3.05) is 13.2 Å². The van der Waals surface area contributed by atoms with Gasteiger partial charge < -0.3 is 20.3 Å². The van der Waals surface area contributed by atoms with Crippen LogP contribution in [0.25, 0.3) is 0 Å². The van der Waals surface area contributed by atoms with Crippen molar-refractivity contribution < 1.29 is 24.5 Å². The Kier molecular flexibility index (Phi) is 62.5. The van der Waals surface area contributed by atoms with Gasteiger partial charge in [-0.2, -0.15) is 0 Å². The number of aliphatic hydroxyl groups excluding tert-OH is 2. The minimum atomic E-state index is -0.849. The quantitative estimate of drug-likeness (QED) is 0.0320. The topological polar surface area (TPSA) is 95.9 Å². The lowest BCUT2D eigenvalue weighted by molar-refractivity contribution is -0.143. The van der Waals surface area contributed by atoms with Gasteiger partial charge in [-0.1, -0.05) is 300 Å². The first-order chi connectivity index (χ1) is 37.0. The summed E-state index contributed by atoms with van der Waals surface area (Å²) in [7, 11) is 0. The second-order valence-electron chi connectivity index (χ2n) is 22.8. The molecular formula is C69H129NO5. The molecule has 0 rings (SSSR count). The predicted octanol–water partition coefficient (Wildman–Crippen LogP) is 21.3. The summed E-state index contributed by atoms with van der Waals surface area (Å²) in [6, 6.07) is -0.633. The molecule has 0 aromatic heterocycles. The zero-order chi connectivity index (χ0) is 54.3. The normalized spacial score (nSPS) is 12.9. The van der Waals surface area contributed by atoms with Crippen LogP contribution in [0.1, 0.15) is 354 Å². The van der Waals surface area contributed by atoms with E-state index in [9.17, 15) is 19.8 Å². The molecule has 440 valence electrons. The summed E-state index contributed by atoms with van der Waals surface area (Å²) in [5, 5.41) is 23.2. The third-order valence-corrected chi connectivity index (χ3v) is 15.3. The number of carbonyl (C=O) groups excluding carboxylic acids is 2. The van der Waals surface area contributed by atoms with E-state index in [0.29, 0.717) is 19.4 Å². The number of rotatable bonds is 62. The molecule has 0 aromatic rings. The molecular weight excluding hydrogens is 923 g/mol. The first kappa shape index (κ1) is 72.8. The maximum absolute atomic E-state index is 12.5. The number of esters is 1. The summed E-state index contributed by atoms with van der Waals surface area (Å²) < 4.78 is 5.49. The molecule has 0 heterocycles. The monoisotopic (exact) mass is 1050 g/mol. The molecule has 0 spiro atoms. The van der Waals surface area contributed by atoms with E-state index in [4.69, 9.17) is 4.74 Å². The van der Waals surface area contributed by atoms with Gasteiger partial charge in [0, 0.05) is 12.8 Å². The van der Waals surface area contributed by atoms with Gasteiger partial charge in [-0.3, -0.25) is 9.59 Å². The maximum Gasteiger partial charge on any atom is 0.305 e. The van der Waals surface area contributed by atoms with Gasteiger partial charge in [0.15, 0.2) is 0 Å². The number of aliphatic hydroxyl groups is 2. The molecule has 6 nitrogen and oxygen atoms in total. The number of nitrogens with one attached hydrogen (secondary N) is 1. The lowest BCUT2D eigenvalue weighted by Gasteiger charge is -2.20. The Hall–Kier alpha value is -2.18. The molecule has 0 aromatic carbocycles. The van der Waals surface area contributed by atoms with Gasteiger partial charge in [-0.15, -0.1) is 0 Å². The van der Waals surface area contributed by atoms with Crippen molar-refractivity contribution in [1.29, 1.82) is 0 Å². The van der Waals surface area contributed by atoms with Crippen LogP contribution >= 0.6 is 0 Å². The molecule has 6 heteroatoms. The Labute approximate surface area is 467 Å². The average molecular weight is 1050 g/mol. The Bertz CT molecular complexity index is 1260. The van der Waals surface area contributed by atoms with Gasteiger partial charge in [0.2, 0.25) is 5.91 Å². The Morgan fingerprint density at radius 1 is 0.373 bits per heavy atom. The van der Waals surface area contributed by atoms with Crippen LogP contribution in [-0.4, -0.2) is 47.4 Å². The van der Waals surface area contributed by atoms with Gasteiger partial charge >= 0.3 is 5.97 Å². The summed E-state index contributed by atoms with van der Waals surface area (Å²) in [5.41, 5.74) is 0. The molecule has 2 atom stereocenters. The number of hydrogen-bond donors (Lipinski definition) is 3. The SMILES string of the molecule is CCCCCCCC/C=C\CCCCCCCCCC(=O)OCCCCCCCCCCC/C=C\C/C=C\CCCCCCCCCCCC(=O)NC(CO)C(O)/C=C/CCCCCCCCCCCCCCCC. The number of carbonyl (C=O) groups is 2. The summed E-state index contributed by atoms with van der Waals surface area (Å²) in [5.74, 6) is -0.0676. The van der Waals surface area contributed by atoms with Crippen LogP contribution in [0, 0.1) is 0 Å². The van der Waals surface area contributed by atoms with Crippen molar-refractivity contribution in [2.24, 2.45) is 0 Å². The van der Waals surface area contributed by atoms with E-state index in [1.807, 2.05) is 6.08 Å². The summed E-state index contributed by atoms with van der Waals surface area (Å²) in [4.78, 5) is 24.6. The molecule has 2 unspecified atom stereocenters. The number of unbranched alkanes of at least 4 members (excludes halogenated alkanes) is 45. The zero-order valence-corrected chi connectivity index (χ0v) is 50.3. The van der Waals surface area contributed by atoms with Gasteiger partial charge in [0.05, 0.1) is 25.4 Å². The van der Waals surface area contributed by atoms with E-state index in [-0.39, 0.29) is 18.5 Å². The van der Waals surface area contributed by atoms with Crippen LogP contribution in [-0.2, 0) is 14.3 Å². The largest absolute Gasteiger partial charge is 0.466 e. The minimum Gasteiger partial charge on any atom is -0.466 e. The van der Waals surface area contributed by atoms with Crippen molar-refractivity contribution in [1.82, 2.24) is 5.32 Å². The molecule has 0 aliphatic rings. The minimum absolute atomic E-state index is 0.00521. The summed E-state index contributed by atoms with van der Waals surface area (Å²) >= 11 is 0. The summed E-state index contributed by atoms with van der Waals surface area (Å²) in [6.07, 6.45) is 83.1. The molecule has 0 fully saturated rings. The highest BCUT2D eigenvalue weighted by Gasteiger charge is 2.18. The highest BCUT2D eigenvalue weighted by molar-refractivity contribution is 5.76. The van der Waals surface area contributed by atoms with E-state index >= 15 is 0 Å². The van der Waals surface area contributed by atoms with Crippen molar-refractivity contribution in [2.45, 2.75) is 366 Å². The lowest BCUT2D eigenvalue weighted by Crippen LogP contribution is -2.45. The van der Waals surface area contributed by atoms with Crippen molar-refractivity contribution in [3.8, 4) is 0 Å². The van der Waals surface area contributed by atoms with Crippen LogP contribution in [0.5, 0.6) is 0 Å². The van der Waals surface area contributed by atoms with E-state index in [0.717, 1.165) is 51.4 Å². The summed E-state index contributed by atoms with van der Waals surface area (Å²) in [6.45, 7) is 4.91. The van der Waals surface area contributed by atoms with Crippen LogP contribution < -0.4 is 5.32 Å². The number of ether oxygens (including phenoxy) is 1. The standard InChI is InChI=1S/C69H129NO5/c1-3-5-7-9-11-13-15-17-19-30-35-39-43-47-51-55-59-63-69(74)75-64-60-56-52-48-44-40-36-32-29-27-25-23-21-22-24-26-28-31-34-38-42-46-50-54-58-62-68(73)70-66(65-71)67(72)61-57-53-49-45-41-37-33-20-18-16-14-12-10-8-6-4-2/h17,19,22-25,57,61,66-67,71-72H,3-16,18,20-21,26-56,58-60,62-65H2,1-2H3,(H,70,73)/b19-17-,24-22-,25-23-,61-57+. The second kappa shape index (κ2) is 64.3. The predicted molar refractivity (Wildman–Crippen MR) is 329 cm³/mol. The van der Waals surface area contributed by atoms with E-state index in [1.54, 1.807) is 6.08 Å². The fraction of sp³-hybridized carbons (Fsp3) is 0.855. The molecule has 0 aliphatic heterocycles. The highest BCUT2D eigenvalue weighted by atomic mass is 16.5. The number of hydrogen-bond acceptors (Lipinski definition) is 5. The molecule has 0 bridgehead atoms. The number of amides is 1. The average Bonchev–Trinajstić information content (AvgIpc) is 3.41. The molecule has 0 saturated carbocycles. The maximum atomic E-state index is 12.5. The molecule has 0 saturated heterocycles. The zero-order valence-electron chi connectivity index (χ0n) is 50.3. The van der Waals surface area contributed by atoms with Gasteiger partial charge in [-0.05, 0) is 89.9 Å². The first-order valence-electron chi connectivity index (χ1n) is 33.4. The third kappa shape index (κ3) is 60.9. The lowest BCUT2D eigenvalue weighted by atomic mass is 10.0. The molecule has 0 aliphatic carbocycles. The Morgan fingerprint density at radius 2 is 0.667 bits per heavy atom. The Morgan fingerprint density at radius 3 is 1.03 bits per heavy atom. The van der Waals surface area contributed by atoms with Crippen LogP contribution in [0.4, 0.5) is 0 Å². The van der Waals surface area contributed by atoms with Crippen molar-refractivity contribution in [3.05, 3.63) is 48.6 Å². The Balaban J connectivity index is 3.45. The molecule has 1 amide bonds. The van der Waals surface area contributed by atoms with E-state index in [1.165, 1.54) is 276 Å². The van der Waals surface area contributed by atoms with Crippen LogP contribution in [0.15, 0.2) is 48.6 Å². The first-order valence-corrected chi connectivity index (χ1v) is 33.4. The molecule has 0 radical (unpaired) electrons. The third-order valence-electron chi connectivity index (χ3n) is 15.3. The van der Waals surface area contributed by atoms with Crippen molar-refractivity contribution >= 4 is 11.9 Å².